The lowest BCUT2D eigenvalue weighted by Crippen LogP contribution is -2.37. The van der Waals surface area contributed by atoms with Crippen LogP contribution in [-0.4, -0.2) is 30.1 Å². The first-order valence-electron chi connectivity index (χ1n) is 13.8. The second-order valence-electron chi connectivity index (χ2n) is 10.2. The summed E-state index contributed by atoms with van der Waals surface area (Å²) in [7, 11) is 0. The van der Waals surface area contributed by atoms with Crippen molar-refractivity contribution in [3.8, 4) is 28.4 Å². The first-order valence-corrected chi connectivity index (χ1v) is 15.2. The van der Waals surface area contributed by atoms with E-state index in [9.17, 15) is 0 Å². The molecule has 0 aliphatic heterocycles. The first kappa shape index (κ1) is 26.0. The second-order valence-corrected chi connectivity index (χ2v) is 11.5. The molecule has 0 atom stereocenters. The van der Waals surface area contributed by atoms with Gasteiger partial charge in [0.15, 0.2) is 0 Å². The second kappa shape index (κ2) is 11.1. The van der Waals surface area contributed by atoms with Crippen molar-refractivity contribution in [2.75, 3.05) is 0 Å². The van der Waals surface area contributed by atoms with Gasteiger partial charge in [0.25, 0.3) is 0 Å². The smallest absolute Gasteiger partial charge is 0.577 e. The Kier molecular flexibility index (Phi) is 6.89. The topological polar surface area (TPSA) is 66.4 Å². The van der Waals surface area contributed by atoms with E-state index in [1.165, 1.54) is 0 Å². The van der Waals surface area contributed by atoms with E-state index in [0.29, 0.717) is 17.2 Å². The van der Waals surface area contributed by atoms with E-state index >= 15 is 0 Å². The number of para-hydroxylation sites is 2. The van der Waals surface area contributed by atoms with E-state index in [4.69, 9.17) is 21.3 Å². The Morgan fingerprint density at radius 1 is 0.524 bits per heavy atom. The molecule has 0 unspecified atom stereocenters. The zero-order valence-corrected chi connectivity index (χ0v) is 24.3. The summed E-state index contributed by atoms with van der Waals surface area (Å²) in [5, 5.41) is 4.14. The number of nitrogens with zero attached hydrogens (tertiary/aromatic N) is 3. The van der Waals surface area contributed by atoms with Gasteiger partial charge in [-0.15, -0.1) is 0 Å². The summed E-state index contributed by atoms with van der Waals surface area (Å²) in [5.74, 6) is 1.92. The van der Waals surface area contributed by atoms with Gasteiger partial charge in [0.2, 0.25) is 0 Å². The molecule has 42 heavy (non-hydrogen) atoms. The van der Waals surface area contributed by atoms with E-state index in [2.05, 4.69) is 35.3 Å². The summed E-state index contributed by atoms with van der Waals surface area (Å²) in [6.07, 6.45) is 3.65. The summed E-state index contributed by atoms with van der Waals surface area (Å²) in [5.41, 5.74) is 5.55. The SMILES string of the molecule is Cc1ccc2cccc([O][Al]([O]c3ccc4cc(-c5cccnc5)ccc4c3)[O]c3cccc4ccc(C)nc34)c2n1. The highest BCUT2D eigenvalue weighted by atomic mass is 27.3. The van der Waals surface area contributed by atoms with Gasteiger partial charge in [-0.2, -0.15) is 0 Å². The molecule has 0 radical (unpaired) electrons. The highest BCUT2D eigenvalue weighted by molar-refractivity contribution is 6.40. The van der Waals surface area contributed by atoms with Crippen LogP contribution in [0.1, 0.15) is 11.4 Å². The molecule has 0 amide bonds. The third-order valence-electron chi connectivity index (χ3n) is 7.13. The molecule has 0 aliphatic rings. The summed E-state index contributed by atoms with van der Waals surface area (Å²) in [4.78, 5) is 13.7. The highest BCUT2D eigenvalue weighted by Gasteiger charge is 2.45. The van der Waals surface area contributed by atoms with Crippen LogP contribution >= 0.6 is 0 Å². The number of rotatable bonds is 7. The molecule has 3 heterocycles. The summed E-state index contributed by atoms with van der Waals surface area (Å²) in [6, 6.07) is 36.2. The lowest BCUT2D eigenvalue weighted by molar-refractivity contribution is 0.310. The van der Waals surface area contributed by atoms with Crippen LogP contribution in [0.2, 0.25) is 0 Å². The third-order valence-corrected chi connectivity index (χ3v) is 8.49. The fourth-order valence-electron chi connectivity index (χ4n) is 5.03. The monoisotopic (exact) mass is 563 g/mol. The minimum atomic E-state index is -2.89. The van der Waals surface area contributed by atoms with Gasteiger partial charge in [-0.1, -0.05) is 60.7 Å². The molecule has 6 nitrogen and oxygen atoms in total. The van der Waals surface area contributed by atoms with Crippen LogP contribution < -0.4 is 11.4 Å². The molecule has 7 rings (SSSR count). The van der Waals surface area contributed by atoms with Gasteiger partial charge in [0.1, 0.15) is 22.5 Å². The Morgan fingerprint density at radius 3 is 1.79 bits per heavy atom. The van der Waals surface area contributed by atoms with Crippen molar-refractivity contribution in [1.29, 1.82) is 0 Å². The van der Waals surface area contributed by atoms with Crippen molar-refractivity contribution in [3.63, 3.8) is 0 Å². The van der Waals surface area contributed by atoms with E-state index < -0.39 is 15.1 Å². The summed E-state index contributed by atoms with van der Waals surface area (Å²) < 4.78 is 19.6. The molecule has 0 aliphatic carbocycles. The Morgan fingerprint density at radius 2 is 1.14 bits per heavy atom. The third kappa shape index (κ3) is 5.36. The molecule has 7 aromatic rings. The molecule has 0 bridgehead atoms. The average molecular weight is 564 g/mol. The Labute approximate surface area is 248 Å². The molecule has 0 spiro atoms. The Hall–Kier alpha value is -4.96. The van der Waals surface area contributed by atoms with Crippen molar-refractivity contribution in [2.45, 2.75) is 13.8 Å². The number of hydrogen-bond acceptors (Lipinski definition) is 6. The number of aromatic nitrogens is 3. The molecular weight excluding hydrogens is 537 g/mol. The largest absolute Gasteiger partial charge is 1.20 e. The van der Waals surface area contributed by atoms with Crippen LogP contribution in [0.5, 0.6) is 17.2 Å². The first-order chi connectivity index (χ1) is 20.6. The van der Waals surface area contributed by atoms with Gasteiger partial charge < -0.3 is 11.4 Å². The number of fused-ring (bicyclic) bond motifs is 3. The number of aryl methyl sites for hydroxylation is 2. The van der Waals surface area contributed by atoms with Crippen LogP contribution in [0.4, 0.5) is 0 Å². The molecule has 0 fully saturated rings. The van der Waals surface area contributed by atoms with Crippen LogP contribution in [0.15, 0.2) is 122 Å². The van der Waals surface area contributed by atoms with E-state index in [1.54, 1.807) is 6.20 Å². The van der Waals surface area contributed by atoms with Crippen LogP contribution in [0.25, 0.3) is 43.7 Å². The minimum Gasteiger partial charge on any atom is -0.577 e. The number of pyridine rings is 3. The maximum atomic E-state index is 6.56. The fraction of sp³-hybridized carbons (Fsp3) is 0.0571. The zero-order chi connectivity index (χ0) is 28.5. The van der Waals surface area contributed by atoms with E-state index in [1.807, 2.05) is 98.9 Å². The van der Waals surface area contributed by atoms with Crippen molar-refractivity contribution in [2.24, 2.45) is 0 Å². The number of hydrogen-bond donors (Lipinski definition) is 0. The molecule has 7 heteroatoms. The normalized spacial score (nSPS) is 11.1. The predicted octanol–water partition coefficient (Wildman–Crippen LogP) is 8.14. The van der Waals surface area contributed by atoms with Gasteiger partial charge in [0, 0.05) is 40.1 Å². The summed E-state index contributed by atoms with van der Waals surface area (Å²) >= 11 is -2.89. The maximum Gasteiger partial charge on any atom is 1.20 e. The highest BCUT2D eigenvalue weighted by Crippen LogP contribution is 2.30. The van der Waals surface area contributed by atoms with Crippen molar-refractivity contribution >= 4 is 47.7 Å². The predicted molar refractivity (Wildman–Crippen MR) is 168 cm³/mol. The van der Waals surface area contributed by atoms with E-state index in [-0.39, 0.29) is 0 Å². The van der Waals surface area contributed by atoms with E-state index in [0.717, 1.165) is 55.1 Å². The standard InChI is InChI=1S/C15H11NO.2C10H9NO.Al/c17-15-6-5-11-8-12(3-4-13(11)9-15)14-2-1-7-16-10-14;2*1-7-5-6-8-3-2-4-9(12)10(8)11-7;/h1-10,17H;2*2-6,12H,1H3;/q;;;+3/p-3. The van der Waals surface area contributed by atoms with Gasteiger partial charge in [-0.05, 0) is 78.7 Å². The molecular formula is C35H26AlN3O3. The lowest BCUT2D eigenvalue weighted by Gasteiger charge is -2.18. The minimum absolute atomic E-state index is 0.624. The number of benzene rings is 4. The van der Waals surface area contributed by atoms with Crippen molar-refractivity contribution in [3.05, 3.63) is 133 Å². The Balaban J connectivity index is 1.25. The molecule has 4 aromatic carbocycles. The van der Waals surface area contributed by atoms with Gasteiger partial charge in [-0.25, -0.2) is 9.97 Å². The fourth-order valence-corrected chi connectivity index (χ4v) is 6.33. The van der Waals surface area contributed by atoms with Gasteiger partial charge >= 0.3 is 15.1 Å². The molecule has 202 valence electrons. The van der Waals surface area contributed by atoms with Crippen LogP contribution in [-0.2, 0) is 0 Å². The average Bonchev–Trinajstić information content (AvgIpc) is 3.02. The van der Waals surface area contributed by atoms with Gasteiger partial charge in [0.05, 0.1) is 5.75 Å². The molecule has 3 aromatic heterocycles. The van der Waals surface area contributed by atoms with Crippen LogP contribution in [0.3, 0.4) is 0 Å². The van der Waals surface area contributed by atoms with Crippen LogP contribution in [0, 0.1) is 13.8 Å². The Bertz CT molecular complexity index is 1980. The molecule has 0 saturated heterocycles. The summed E-state index contributed by atoms with van der Waals surface area (Å²) in [6.45, 7) is 3.94. The van der Waals surface area contributed by atoms with Crippen molar-refractivity contribution < 1.29 is 11.4 Å². The molecule has 0 saturated carbocycles. The maximum absolute atomic E-state index is 6.56. The zero-order valence-electron chi connectivity index (χ0n) is 23.2. The lowest BCUT2D eigenvalue weighted by atomic mass is 10.0. The molecule has 0 N–H and O–H groups in total. The van der Waals surface area contributed by atoms with Gasteiger partial charge in [-0.3, -0.25) is 4.98 Å². The van der Waals surface area contributed by atoms with Crippen molar-refractivity contribution in [1.82, 2.24) is 15.0 Å². The quantitative estimate of drug-likeness (QED) is 0.182.